The van der Waals surface area contributed by atoms with Gasteiger partial charge in [-0.15, -0.1) is 0 Å². The molecule has 0 aliphatic rings. The van der Waals surface area contributed by atoms with E-state index in [9.17, 15) is 8.42 Å². The van der Waals surface area contributed by atoms with Crippen LogP contribution in [0.15, 0.2) is 29.2 Å². The Hall–Kier alpha value is -1.39. The smallest absolute Gasteiger partial charge is 0.242 e. The third-order valence-corrected chi connectivity index (χ3v) is 4.85. The van der Waals surface area contributed by atoms with Crippen molar-refractivity contribution < 1.29 is 8.42 Å². The Kier molecular flexibility index (Phi) is 6.85. The molecular weight excluding hydrogens is 286 g/mol. The number of sulfonamides is 1. The molecule has 6 heteroatoms. The van der Waals surface area contributed by atoms with E-state index in [0.29, 0.717) is 6.54 Å². The Balaban J connectivity index is 2.77. The maximum Gasteiger partial charge on any atom is 0.242 e. The van der Waals surface area contributed by atoms with E-state index in [1.165, 1.54) is 4.31 Å². The van der Waals surface area contributed by atoms with Crippen molar-refractivity contribution in [1.82, 2.24) is 9.21 Å². The van der Waals surface area contributed by atoms with E-state index < -0.39 is 10.0 Å². The largest absolute Gasteiger partial charge is 0.320 e. The Bertz CT molecular complexity index is 598. The molecule has 2 N–H and O–H groups in total. The maximum atomic E-state index is 12.4. The quantitative estimate of drug-likeness (QED) is 0.780. The lowest BCUT2D eigenvalue weighted by Crippen LogP contribution is -2.29. The summed E-state index contributed by atoms with van der Waals surface area (Å²) in [5.74, 6) is 5.61. The topological polar surface area (TPSA) is 66.6 Å². The third kappa shape index (κ3) is 5.48. The molecule has 5 nitrogen and oxygen atoms in total. The van der Waals surface area contributed by atoms with Crippen molar-refractivity contribution in [2.24, 2.45) is 5.73 Å². The molecule has 0 amide bonds. The van der Waals surface area contributed by atoms with Crippen LogP contribution < -0.4 is 5.73 Å². The molecule has 0 radical (unpaired) electrons. The lowest BCUT2D eigenvalue weighted by molar-refractivity contribution is 0.370. The van der Waals surface area contributed by atoms with Gasteiger partial charge in [0, 0.05) is 19.2 Å². The van der Waals surface area contributed by atoms with Gasteiger partial charge in [0.25, 0.3) is 0 Å². The summed E-state index contributed by atoms with van der Waals surface area (Å²) in [5.41, 5.74) is 6.06. The highest BCUT2D eigenvalue weighted by molar-refractivity contribution is 7.89. The molecule has 1 aromatic rings. The van der Waals surface area contributed by atoms with E-state index in [1.807, 2.05) is 19.0 Å². The highest BCUT2D eigenvalue weighted by Gasteiger charge is 2.19. The minimum absolute atomic E-state index is 0.285. The highest BCUT2D eigenvalue weighted by atomic mass is 32.2. The standard InChI is InChI=1S/C15H23N3O2S/c1-17(2)12-5-13-18(3)21(19,20)15-9-7-14(8-10-15)6-4-11-16/h7-10H,5,11-13,16H2,1-3H3. The second-order valence-electron chi connectivity index (χ2n) is 5.01. The molecule has 0 aliphatic heterocycles. The molecule has 0 saturated heterocycles. The second kappa shape index (κ2) is 8.15. The molecule has 1 aromatic carbocycles. The van der Waals surface area contributed by atoms with Gasteiger partial charge < -0.3 is 10.6 Å². The van der Waals surface area contributed by atoms with Crippen LogP contribution in [0.2, 0.25) is 0 Å². The summed E-state index contributed by atoms with van der Waals surface area (Å²) in [6, 6.07) is 6.56. The summed E-state index contributed by atoms with van der Waals surface area (Å²) in [7, 11) is 2.11. The molecule has 0 aliphatic carbocycles. The number of benzene rings is 1. The molecule has 21 heavy (non-hydrogen) atoms. The third-order valence-electron chi connectivity index (χ3n) is 2.98. The first-order valence-electron chi connectivity index (χ1n) is 6.78. The minimum Gasteiger partial charge on any atom is -0.320 e. The van der Waals surface area contributed by atoms with Crippen LogP contribution in [-0.2, 0) is 10.0 Å². The Morgan fingerprint density at radius 1 is 1.10 bits per heavy atom. The second-order valence-corrected chi connectivity index (χ2v) is 7.06. The zero-order valence-corrected chi connectivity index (χ0v) is 13.7. The number of rotatable bonds is 6. The van der Waals surface area contributed by atoms with Gasteiger partial charge in [-0.05, 0) is 51.3 Å². The van der Waals surface area contributed by atoms with Crippen LogP contribution in [0.25, 0.3) is 0 Å². The van der Waals surface area contributed by atoms with Crippen LogP contribution in [-0.4, -0.2) is 58.4 Å². The average Bonchev–Trinajstić information content (AvgIpc) is 2.45. The van der Waals surface area contributed by atoms with Crippen LogP contribution in [0.1, 0.15) is 12.0 Å². The van der Waals surface area contributed by atoms with Crippen LogP contribution >= 0.6 is 0 Å². The molecule has 0 unspecified atom stereocenters. The molecular formula is C15H23N3O2S. The fourth-order valence-corrected chi connectivity index (χ4v) is 2.98. The molecule has 0 bridgehead atoms. The van der Waals surface area contributed by atoms with E-state index in [1.54, 1.807) is 31.3 Å². The molecule has 1 rings (SSSR count). The summed E-state index contributed by atoms with van der Waals surface area (Å²) < 4.78 is 26.2. The molecule has 116 valence electrons. The van der Waals surface area contributed by atoms with Crippen molar-refractivity contribution in [3.63, 3.8) is 0 Å². The summed E-state index contributed by atoms with van der Waals surface area (Å²) in [6.07, 6.45) is 0.794. The molecule has 0 aromatic heterocycles. The predicted molar refractivity (Wildman–Crippen MR) is 85.4 cm³/mol. The first-order chi connectivity index (χ1) is 9.87. The predicted octanol–water partition coefficient (Wildman–Crippen LogP) is 0.569. The van der Waals surface area contributed by atoms with E-state index in [-0.39, 0.29) is 11.4 Å². The van der Waals surface area contributed by atoms with Gasteiger partial charge in [0.15, 0.2) is 0 Å². The van der Waals surface area contributed by atoms with Crippen molar-refractivity contribution in [3.8, 4) is 11.8 Å². The van der Waals surface area contributed by atoms with Crippen LogP contribution in [0.4, 0.5) is 0 Å². The fraction of sp³-hybridized carbons (Fsp3) is 0.467. The summed E-state index contributed by atoms with van der Waals surface area (Å²) in [5, 5.41) is 0. The number of hydrogen-bond donors (Lipinski definition) is 1. The molecule has 0 spiro atoms. The van der Waals surface area contributed by atoms with Gasteiger partial charge in [-0.25, -0.2) is 12.7 Å². The van der Waals surface area contributed by atoms with Crippen LogP contribution in [0.3, 0.4) is 0 Å². The Morgan fingerprint density at radius 2 is 1.71 bits per heavy atom. The normalized spacial score (nSPS) is 11.5. The number of nitrogens with two attached hydrogens (primary N) is 1. The summed E-state index contributed by atoms with van der Waals surface area (Å²) in [4.78, 5) is 2.32. The van der Waals surface area contributed by atoms with Crippen molar-refractivity contribution >= 4 is 10.0 Å². The van der Waals surface area contributed by atoms with Crippen LogP contribution in [0.5, 0.6) is 0 Å². The summed E-state index contributed by atoms with van der Waals surface area (Å²) >= 11 is 0. The zero-order chi connectivity index (χ0) is 15.9. The van der Waals surface area contributed by atoms with Gasteiger partial charge in [0.1, 0.15) is 0 Å². The average molecular weight is 309 g/mol. The van der Waals surface area contributed by atoms with Gasteiger partial charge in [-0.3, -0.25) is 0 Å². The van der Waals surface area contributed by atoms with Gasteiger partial charge in [-0.2, -0.15) is 0 Å². The zero-order valence-electron chi connectivity index (χ0n) is 12.8. The van der Waals surface area contributed by atoms with Crippen molar-refractivity contribution in [1.29, 1.82) is 0 Å². The lowest BCUT2D eigenvalue weighted by atomic mass is 10.2. The van der Waals surface area contributed by atoms with Gasteiger partial charge in [0.2, 0.25) is 10.0 Å². The molecule has 0 atom stereocenters. The highest BCUT2D eigenvalue weighted by Crippen LogP contribution is 2.15. The van der Waals surface area contributed by atoms with E-state index in [4.69, 9.17) is 5.73 Å². The van der Waals surface area contributed by atoms with Crippen molar-refractivity contribution in [2.45, 2.75) is 11.3 Å². The minimum atomic E-state index is -3.43. The van der Waals surface area contributed by atoms with E-state index in [2.05, 4.69) is 11.8 Å². The van der Waals surface area contributed by atoms with E-state index in [0.717, 1.165) is 18.5 Å². The monoisotopic (exact) mass is 309 g/mol. The SMILES string of the molecule is CN(C)CCCN(C)S(=O)(=O)c1ccc(C#CCN)cc1. The van der Waals surface area contributed by atoms with Gasteiger partial charge in [-0.1, -0.05) is 11.8 Å². The lowest BCUT2D eigenvalue weighted by Gasteiger charge is -2.18. The molecule has 0 heterocycles. The van der Waals surface area contributed by atoms with E-state index >= 15 is 0 Å². The first-order valence-corrected chi connectivity index (χ1v) is 8.22. The van der Waals surface area contributed by atoms with Gasteiger partial charge >= 0.3 is 0 Å². The fourth-order valence-electron chi connectivity index (χ4n) is 1.77. The Morgan fingerprint density at radius 3 is 2.24 bits per heavy atom. The molecule has 0 saturated carbocycles. The maximum absolute atomic E-state index is 12.4. The van der Waals surface area contributed by atoms with Gasteiger partial charge in [0.05, 0.1) is 11.4 Å². The number of nitrogens with zero attached hydrogens (tertiary/aromatic N) is 2. The Labute approximate surface area is 127 Å². The summed E-state index contributed by atoms with van der Waals surface area (Å²) in [6.45, 7) is 1.64. The van der Waals surface area contributed by atoms with Crippen molar-refractivity contribution in [3.05, 3.63) is 29.8 Å². The number of hydrogen-bond acceptors (Lipinski definition) is 4. The molecule has 0 fully saturated rings. The van der Waals surface area contributed by atoms with Crippen molar-refractivity contribution in [2.75, 3.05) is 40.8 Å². The van der Waals surface area contributed by atoms with Crippen LogP contribution in [0, 0.1) is 11.8 Å². The first kappa shape index (κ1) is 17.7.